The topological polar surface area (TPSA) is 197 Å². The molecular formula is C31H38F9N7O9S. The highest BCUT2D eigenvalue weighted by atomic mass is 32.2. The average molecular weight is 856 g/mol. The van der Waals surface area contributed by atoms with Crippen LogP contribution in [0, 0.1) is 0 Å². The zero-order valence-electron chi connectivity index (χ0n) is 30.2. The minimum absolute atomic E-state index is 0.0796. The van der Waals surface area contributed by atoms with Crippen LogP contribution in [0.1, 0.15) is 30.9 Å². The fourth-order valence-electron chi connectivity index (χ4n) is 6.39. The zero-order valence-corrected chi connectivity index (χ0v) is 31.0. The Morgan fingerprint density at radius 2 is 1.35 bits per heavy atom. The van der Waals surface area contributed by atoms with Gasteiger partial charge in [0.15, 0.2) is 5.03 Å². The van der Waals surface area contributed by atoms with E-state index in [1.54, 1.807) is 4.90 Å². The molecular weight excluding hydrogens is 817 g/mol. The Balaban J connectivity index is 0.000000531. The molecule has 0 saturated carbocycles. The van der Waals surface area contributed by atoms with E-state index in [2.05, 4.69) is 14.9 Å². The van der Waals surface area contributed by atoms with Gasteiger partial charge < -0.3 is 25.1 Å². The molecule has 3 aliphatic rings. The second-order valence-corrected chi connectivity index (χ2v) is 15.4. The number of hydrogen-bond donors (Lipinski definition) is 3. The summed E-state index contributed by atoms with van der Waals surface area (Å²) < 4.78 is 132. The Labute approximate surface area is 318 Å². The summed E-state index contributed by atoms with van der Waals surface area (Å²) in [4.78, 5) is 49.9. The second-order valence-electron chi connectivity index (χ2n) is 13.3. The summed E-state index contributed by atoms with van der Waals surface area (Å²) in [6.07, 6.45) is -11.8. The van der Waals surface area contributed by atoms with E-state index < -0.39 is 58.1 Å². The van der Waals surface area contributed by atoms with Crippen molar-refractivity contribution in [2.75, 3.05) is 58.3 Å². The highest BCUT2D eigenvalue weighted by molar-refractivity contribution is 7.89. The molecule has 0 aliphatic carbocycles. The van der Waals surface area contributed by atoms with Crippen LogP contribution in [0.2, 0.25) is 0 Å². The van der Waals surface area contributed by atoms with E-state index in [0.29, 0.717) is 45.0 Å². The van der Waals surface area contributed by atoms with Crippen LogP contribution in [-0.2, 0) is 37.1 Å². The van der Waals surface area contributed by atoms with Crippen LogP contribution in [0.15, 0.2) is 35.5 Å². The summed E-state index contributed by atoms with van der Waals surface area (Å²) in [7, 11) is -1.04. The fourth-order valence-corrected chi connectivity index (χ4v) is 7.19. The fraction of sp³-hybridized carbons (Fsp3) is 0.581. The van der Waals surface area contributed by atoms with Gasteiger partial charge in [-0.25, -0.2) is 27.1 Å². The molecule has 4 heterocycles. The molecule has 2 aromatic rings. The van der Waals surface area contributed by atoms with Gasteiger partial charge in [-0.3, -0.25) is 14.6 Å². The SMILES string of the molecule is C[C@H]1CN(Cc2ccc(C(F)(F)F)cc2N2C3CCC2CN(CC(=O)O)C3)CCN1C(=O)n1ccc(S(=O)(=O)N(C)C)n1.O=C(O)C(F)(F)F.O=C(O)C(F)(F)F. The van der Waals surface area contributed by atoms with Crippen molar-refractivity contribution in [2.24, 2.45) is 0 Å². The predicted octanol–water partition coefficient (Wildman–Crippen LogP) is 3.33. The third-order valence-electron chi connectivity index (χ3n) is 8.95. The Morgan fingerprint density at radius 1 is 0.825 bits per heavy atom. The lowest BCUT2D eigenvalue weighted by atomic mass is 10.0. The molecule has 3 atom stereocenters. The molecule has 320 valence electrons. The van der Waals surface area contributed by atoms with Crippen LogP contribution >= 0.6 is 0 Å². The maximum absolute atomic E-state index is 13.8. The van der Waals surface area contributed by atoms with Crippen LogP contribution in [-0.4, -0.2) is 160 Å². The van der Waals surface area contributed by atoms with E-state index >= 15 is 0 Å². The molecule has 2 bridgehead atoms. The van der Waals surface area contributed by atoms with Crippen LogP contribution in [0.4, 0.5) is 50.0 Å². The number of hydrogen-bond acceptors (Lipinski definition) is 10. The molecule has 0 radical (unpaired) electrons. The number of aliphatic carboxylic acids is 3. The van der Waals surface area contributed by atoms with E-state index in [4.69, 9.17) is 19.8 Å². The molecule has 2 unspecified atom stereocenters. The molecule has 26 heteroatoms. The Hall–Kier alpha value is -4.69. The number of carbonyl (C=O) groups is 4. The first kappa shape index (κ1) is 46.7. The number of nitrogens with zero attached hydrogens (tertiary/aromatic N) is 7. The van der Waals surface area contributed by atoms with Gasteiger partial charge in [-0.15, -0.1) is 0 Å². The summed E-state index contributed by atoms with van der Waals surface area (Å²) in [5, 5.41) is 27.2. The number of alkyl halides is 9. The van der Waals surface area contributed by atoms with Crippen molar-refractivity contribution in [2.45, 2.75) is 68.0 Å². The summed E-state index contributed by atoms with van der Waals surface area (Å²) in [5.74, 6) is -6.44. The number of carboxylic acid groups (broad SMARTS) is 3. The summed E-state index contributed by atoms with van der Waals surface area (Å²) in [6, 6.07) is 4.23. The molecule has 1 amide bonds. The number of rotatable bonds is 7. The minimum Gasteiger partial charge on any atom is -0.480 e. The summed E-state index contributed by atoms with van der Waals surface area (Å²) in [6.45, 7) is 4.33. The van der Waals surface area contributed by atoms with Gasteiger partial charge in [-0.05, 0) is 43.5 Å². The van der Waals surface area contributed by atoms with Crippen LogP contribution in [0.5, 0.6) is 0 Å². The number of carbonyl (C=O) groups excluding carboxylic acids is 1. The lowest BCUT2D eigenvalue weighted by Gasteiger charge is -2.44. The number of likely N-dealkylation sites (tertiary alicyclic amines) is 1. The van der Waals surface area contributed by atoms with E-state index in [9.17, 15) is 62.6 Å². The Morgan fingerprint density at radius 3 is 1.79 bits per heavy atom. The quantitative estimate of drug-likeness (QED) is 0.344. The lowest BCUT2D eigenvalue weighted by Crippen LogP contribution is -2.56. The van der Waals surface area contributed by atoms with Crippen molar-refractivity contribution in [1.29, 1.82) is 0 Å². The smallest absolute Gasteiger partial charge is 0.480 e. The van der Waals surface area contributed by atoms with Gasteiger partial charge in [0.05, 0.1) is 12.1 Å². The normalized spacial score (nSPS) is 20.7. The first-order chi connectivity index (χ1) is 26.0. The maximum Gasteiger partial charge on any atom is 0.490 e. The van der Waals surface area contributed by atoms with Gasteiger partial charge >= 0.3 is 42.5 Å². The predicted molar refractivity (Wildman–Crippen MR) is 178 cm³/mol. The van der Waals surface area contributed by atoms with Crippen molar-refractivity contribution in [3.05, 3.63) is 41.6 Å². The molecule has 0 spiro atoms. The van der Waals surface area contributed by atoms with Crippen molar-refractivity contribution in [1.82, 2.24) is 28.8 Å². The molecule has 57 heavy (non-hydrogen) atoms. The molecule has 3 fully saturated rings. The van der Waals surface area contributed by atoms with Gasteiger partial charge in [0.2, 0.25) is 0 Å². The van der Waals surface area contributed by atoms with Gasteiger partial charge in [-0.2, -0.15) is 49.3 Å². The van der Waals surface area contributed by atoms with E-state index in [0.717, 1.165) is 33.5 Å². The summed E-state index contributed by atoms with van der Waals surface area (Å²) >= 11 is 0. The number of halogens is 9. The van der Waals surface area contributed by atoms with Crippen molar-refractivity contribution in [3.63, 3.8) is 0 Å². The number of benzene rings is 1. The van der Waals surface area contributed by atoms with Gasteiger partial charge in [0.1, 0.15) is 0 Å². The number of sulfonamides is 1. The first-order valence-electron chi connectivity index (χ1n) is 16.6. The third kappa shape index (κ3) is 12.2. The molecule has 3 N–H and O–H groups in total. The average Bonchev–Trinajstić information content (AvgIpc) is 3.67. The standard InChI is InChI=1S/C27H36F3N7O5S.2C2HF3O2/c1-18-13-33(10-11-35(18)26(40)36-9-8-24(31-36)43(41,42)32(2)3)14-19-4-5-20(27(28,29)30)12-23(19)37-21-6-7-22(37)16-34(15-21)17-25(38)39;2*3-2(4,5)1(6)7/h4-5,8-9,12,18,21-22H,6-7,10-11,13-17H2,1-3H3,(H,38,39);2*(H,6,7)/t18-,21?,22?;;/m0../s1. The number of anilines is 1. The highest BCUT2D eigenvalue weighted by Crippen LogP contribution is 2.40. The Bertz CT molecular complexity index is 1850. The number of amides is 1. The largest absolute Gasteiger partial charge is 0.490 e. The molecule has 3 aliphatic heterocycles. The van der Waals surface area contributed by atoms with E-state index in [-0.39, 0.29) is 29.7 Å². The molecule has 1 aromatic carbocycles. The number of fused-ring (bicyclic) bond motifs is 2. The van der Waals surface area contributed by atoms with Crippen molar-refractivity contribution >= 4 is 39.6 Å². The second kappa shape index (κ2) is 17.8. The van der Waals surface area contributed by atoms with Gasteiger partial charge in [-0.1, -0.05) is 6.07 Å². The monoisotopic (exact) mass is 855 g/mol. The number of aromatic nitrogens is 2. The maximum atomic E-state index is 13.8. The van der Waals surface area contributed by atoms with Crippen LogP contribution < -0.4 is 4.90 Å². The summed E-state index contributed by atoms with van der Waals surface area (Å²) in [5.41, 5.74) is 0.543. The van der Waals surface area contributed by atoms with Crippen LogP contribution in [0.3, 0.4) is 0 Å². The minimum atomic E-state index is -5.08. The van der Waals surface area contributed by atoms with E-state index in [1.807, 2.05) is 11.8 Å². The van der Waals surface area contributed by atoms with Crippen molar-refractivity contribution in [3.8, 4) is 0 Å². The van der Waals surface area contributed by atoms with Crippen molar-refractivity contribution < 1.29 is 82.4 Å². The number of piperazine rings is 2. The molecule has 1 aromatic heterocycles. The molecule has 5 rings (SSSR count). The Kier molecular flexibility index (Phi) is 14.6. The van der Waals surface area contributed by atoms with Crippen LogP contribution in [0.25, 0.3) is 0 Å². The number of carboxylic acids is 3. The highest BCUT2D eigenvalue weighted by Gasteiger charge is 2.43. The lowest BCUT2D eigenvalue weighted by molar-refractivity contribution is -0.193. The van der Waals surface area contributed by atoms with E-state index in [1.165, 1.54) is 38.5 Å². The zero-order chi connectivity index (χ0) is 43.4. The first-order valence-corrected chi connectivity index (χ1v) is 18.0. The van der Waals surface area contributed by atoms with Gasteiger partial charge in [0.25, 0.3) is 10.0 Å². The molecule has 3 saturated heterocycles. The van der Waals surface area contributed by atoms with Gasteiger partial charge in [0, 0.05) is 83.4 Å². The molecule has 16 nitrogen and oxygen atoms in total. The third-order valence-corrected chi connectivity index (χ3v) is 10.7.